The molecule has 0 fully saturated rings. The Morgan fingerprint density at radius 3 is 2.36 bits per heavy atom. The highest BCUT2D eigenvalue weighted by Gasteiger charge is 2.17. The molecule has 3 aromatic rings. The van der Waals surface area contributed by atoms with Crippen LogP contribution in [0.3, 0.4) is 0 Å². The van der Waals surface area contributed by atoms with E-state index in [0.717, 1.165) is 18.2 Å². The van der Waals surface area contributed by atoms with Gasteiger partial charge in [-0.25, -0.2) is 8.78 Å². The van der Waals surface area contributed by atoms with Gasteiger partial charge < -0.3 is 20.3 Å². The topological polar surface area (TPSA) is 93.5 Å². The molecule has 0 spiro atoms. The van der Waals surface area contributed by atoms with Gasteiger partial charge in [0.25, 0.3) is 0 Å². The molecule has 1 aromatic heterocycles. The molecule has 2 aromatic carbocycles. The summed E-state index contributed by atoms with van der Waals surface area (Å²) in [5, 5.41) is 28.9. The first kappa shape index (κ1) is 13.9. The summed E-state index contributed by atoms with van der Waals surface area (Å²) in [6.45, 7) is 0. The summed E-state index contributed by atoms with van der Waals surface area (Å²) in [4.78, 5) is 14.7. The first-order valence-electron chi connectivity index (χ1n) is 6.15. The second kappa shape index (κ2) is 4.73. The highest BCUT2D eigenvalue weighted by atomic mass is 19.2. The van der Waals surface area contributed by atoms with Crippen LogP contribution in [0, 0.1) is 11.6 Å². The number of rotatable bonds is 1. The lowest BCUT2D eigenvalue weighted by atomic mass is 10.1. The van der Waals surface area contributed by atoms with Crippen LogP contribution in [0.5, 0.6) is 17.2 Å². The third-order valence-electron chi connectivity index (χ3n) is 3.25. The Morgan fingerprint density at radius 2 is 1.68 bits per heavy atom. The monoisotopic (exact) mass is 305 g/mol. The molecule has 4 N–H and O–H groups in total. The Hall–Kier alpha value is -3.09. The molecule has 0 unspecified atom stereocenters. The maximum absolute atomic E-state index is 13.3. The lowest BCUT2D eigenvalue weighted by molar-refractivity contribution is 0.452. The predicted octanol–water partition coefficient (Wildman–Crippen LogP) is 2.59. The van der Waals surface area contributed by atoms with Crippen LogP contribution < -0.4 is 5.43 Å². The maximum Gasteiger partial charge on any atom is 0.235 e. The van der Waals surface area contributed by atoms with Crippen LogP contribution in [-0.2, 0) is 0 Å². The van der Waals surface area contributed by atoms with Crippen molar-refractivity contribution in [3.8, 4) is 28.5 Å². The molecule has 112 valence electrons. The van der Waals surface area contributed by atoms with Crippen LogP contribution >= 0.6 is 0 Å². The Labute approximate surface area is 121 Å². The van der Waals surface area contributed by atoms with Crippen molar-refractivity contribution in [2.45, 2.75) is 0 Å². The number of pyridine rings is 1. The van der Waals surface area contributed by atoms with Crippen molar-refractivity contribution < 1.29 is 24.1 Å². The zero-order chi connectivity index (χ0) is 16.0. The number of benzene rings is 2. The van der Waals surface area contributed by atoms with Crippen molar-refractivity contribution in [1.29, 1.82) is 0 Å². The zero-order valence-corrected chi connectivity index (χ0v) is 10.9. The van der Waals surface area contributed by atoms with Crippen molar-refractivity contribution >= 4 is 10.9 Å². The average molecular weight is 305 g/mol. The Balaban J connectivity index is 2.38. The van der Waals surface area contributed by atoms with Crippen molar-refractivity contribution in [2.24, 2.45) is 0 Å². The molecular formula is C15H9F2NO4. The molecule has 3 rings (SSSR count). The fourth-order valence-electron chi connectivity index (χ4n) is 2.24. The SMILES string of the molecule is O=c1c(O)c(-c2ccc(F)c(F)c2)[nH]c2cc(O)cc(O)c12. The van der Waals surface area contributed by atoms with Crippen LogP contribution in [0.4, 0.5) is 8.78 Å². The van der Waals surface area contributed by atoms with Gasteiger partial charge in [-0.15, -0.1) is 0 Å². The number of fused-ring (bicyclic) bond motifs is 1. The molecule has 7 heteroatoms. The second-order valence-electron chi connectivity index (χ2n) is 4.69. The van der Waals surface area contributed by atoms with Crippen molar-refractivity contribution in [3.05, 3.63) is 52.2 Å². The van der Waals surface area contributed by atoms with Crippen LogP contribution in [0.2, 0.25) is 0 Å². The number of hydrogen-bond acceptors (Lipinski definition) is 4. The number of hydrogen-bond donors (Lipinski definition) is 4. The minimum atomic E-state index is -1.14. The van der Waals surface area contributed by atoms with E-state index in [-0.39, 0.29) is 27.9 Å². The first-order chi connectivity index (χ1) is 10.4. The molecule has 0 amide bonds. The van der Waals surface area contributed by atoms with Gasteiger partial charge in [-0.2, -0.15) is 0 Å². The molecule has 1 heterocycles. The summed E-state index contributed by atoms with van der Waals surface area (Å²) in [5.41, 5.74) is -0.967. The summed E-state index contributed by atoms with van der Waals surface area (Å²) in [7, 11) is 0. The number of nitrogens with one attached hydrogen (secondary N) is 1. The van der Waals surface area contributed by atoms with Gasteiger partial charge in [-0.05, 0) is 18.2 Å². The Morgan fingerprint density at radius 1 is 0.955 bits per heavy atom. The Bertz CT molecular complexity index is 966. The lowest BCUT2D eigenvalue weighted by Gasteiger charge is -2.09. The third kappa shape index (κ3) is 2.03. The van der Waals surface area contributed by atoms with Crippen molar-refractivity contribution in [3.63, 3.8) is 0 Å². The number of aromatic nitrogens is 1. The van der Waals surface area contributed by atoms with E-state index in [1.165, 1.54) is 12.1 Å². The molecule has 0 aliphatic rings. The van der Waals surface area contributed by atoms with E-state index in [2.05, 4.69) is 4.98 Å². The summed E-state index contributed by atoms with van der Waals surface area (Å²) < 4.78 is 26.3. The molecule has 0 atom stereocenters. The summed E-state index contributed by atoms with van der Waals surface area (Å²) >= 11 is 0. The van der Waals surface area contributed by atoms with E-state index in [9.17, 15) is 28.9 Å². The predicted molar refractivity (Wildman–Crippen MR) is 74.9 cm³/mol. The molecule has 0 aliphatic heterocycles. The van der Waals surface area contributed by atoms with Gasteiger partial charge in [0.2, 0.25) is 5.43 Å². The van der Waals surface area contributed by atoms with E-state index in [1.54, 1.807) is 0 Å². The Kier molecular flexibility index (Phi) is 2.98. The smallest absolute Gasteiger partial charge is 0.235 e. The van der Waals surface area contributed by atoms with E-state index in [0.29, 0.717) is 0 Å². The van der Waals surface area contributed by atoms with E-state index in [1.807, 2.05) is 0 Å². The van der Waals surface area contributed by atoms with Crippen LogP contribution in [-0.4, -0.2) is 20.3 Å². The first-order valence-corrected chi connectivity index (χ1v) is 6.15. The van der Waals surface area contributed by atoms with Crippen molar-refractivity contribution in [1.82, 2.24) is 4.98 Å². The lowest BCUT2D eigenvalue weighted by Crippen LogP contribution is -2.05. The van der Waals surface area contributed by atoms with E-state index in [4.69, 9.17) is 0 Å². The zero-order valence-electron chi connectivity index (χ0n) is 10.9. The fourth-order valence-corrected chi connectivity index (χ4v) is 2.24. The van der Waals surface area contributed by atoms with Gasteiger partial charge in [0.1, 0.15) is 11.5 Å². The normalized spacial score (nSPS) is 11.0. The second-order valence-corrected chi connectivity index (χ2v) is 4.69. The number of aromatic amines is 1. The van der Waals surface area contributed by atoms with Crippen molar-refractivity contribution in [2.75, 3.05) is 0 Å². The number of H-pyrrole nitrogens is 1. The molecule has 0 bridgehead atoms. The van der Waals surface area contributed by atoms with E-state index >= 15 is 0 Å². The number of phenols is 2. The number of aromatic hydroxyl groups is 3. The molecule has 5 nitrogen and oxygen atoms in total. The minimum absolute atomic E-state index is 0.0400. The fraction of sp³-hybridized carbons (Fsp3) is 0. The summed E-state index contributed by atoms with van der Waals surface area (Å²) in [6.07, 6.45) is 0. The third-order valence-corrected chi connectivity index (χ3v) is 3.25. The molecule has 0 aliphatic carbocycles. The molecule has 22 heavy (non-hydrogen) atoms. The molecule has 0 saturated carbocycles. The highest BCUT2D eigenvalue weighted by molar-refractivity contribution is 5.90. The van der Waals surface area contributed by atoms with Gasteiger partial charge in [0.05, 0.1) is 16.6 Å². The minimum Gasteiger partial charge on any atom is -0.508 e. The van der Waals surface area contributed by atoms with E-state index < -0.39 is 28.6 Å². The molecule has 0 radical (unpaired) electrons. The summed E-state index contributed by atoms with van der Waals surface area (Å²) in [6, 6.07) is 4.97. The van der Waals surface area contributed by atoms with Gasteiger partial charge in [-0.1, -0.05) is 0 Å². The molecule has 0 saturated heterocycles. The van der Waals surface area contributed by atoms with Crippen LogP contribution in [0.1, 0.15) is 0 Å². The van der Waals surface area contributed by atoms with Crippen LogP contribution in [0.25, 0.3) is 22.2 Å². The standard InChI is InChI=1S/C15H9F2NO4/c16-8-2-1-6(3-9(8)17)13-15(22)14(21)12-10(18-13)4-7(19)5-11(12)20/h1-5,19-20,22H,(H,18,21). The molecular weight excluding hydrogens is 296 g/mol. The number of phenolic OH excluding ortho intramolecular Hbond substituents is 2. The van der Waals surface area contributed by atoms with Crippen LogP contribution in [0.15, 0.2) is 35.1 Å². The van der Waals surface area contributed by atoms with Gasteiger partial charge >= 0.3 is 0 Å². The van der Waals surface area contributed by atoms with Gasteiger partial charge in [-0.3, -0.25) is 4.79 Å². The van der Waals surface area contributed by atoms with Gasteiger partial charge in [0, 0.05) is 17.7 Å². The average Bonchev–Trinajstić information content (AvgIpc) is 2.45. The van der Waals surface area contributed by atoms with Gasteiger partial charge in [0.15, 0.2) is 17.4 Å². The number of halogens is 2. The summed E-state index contributed by atoms with van der Waals surface area (Å²) in [5.74, 6) is -3.77. The highest BCUT2D eigenvalue weighted by Crippen LogP contribution is 2.32. The quantitative estimate of drug-likeness (QED) is 0.556. The maximum atomic E-state index is 13.3. The largest absolute Gasteiger partial charge is 0.508 e.